The molecule has 0 radical (unpaired) electrons. The Labute approximate surface area is 127 Å². The van der Waals surface area contributed by atoms with Gasteiger partial charge in [-0.2, -0.15) is 0 Å². The summed E-state index contributed by atoms with van der Waals surface area (Å²) >= 11 is 5.66. The highest BCUT2D eigenvalue weighted by Crippen LogP contribution is 2.26. The Morgan fingerprint density at radius 2 is 1.70 bits per heavy atom. The summed E-state index contributed by atoms with van der Waals surface area (Å²) in [4.78, 5) is 2.34. The van der Waals surface area contributed by atoms with Crippen LogP contribution in [0.2, 0.25) is 0 Å². The smallest absolute Gasteiger partial charge is 0.244 e. The summed E-state index contributed by atoms with van der Waals surface area (Å²) in [7, 11) is 1.60. The number of alkyl halides is 1. The van der Waals surface area contributed by atoms with Gasteiger partial charge in [-0.15, -0.1) is 11.6 Å². The van der Waals surface area contributed by atoms with Gasteiger partial charge >= 0.3 is 0 Å². The zero-order valence-electron chi connectivity index (χ0n) is 12.3. The third-order valence-electron chi connectivity index (χ3n) is 3.16. The van der Waals surface area contributed by atoms with Crippen molar-refractivity contribution in [3.63, 3.8) is 0 Å². The fourth-order valence-electron chi connectivity index (χ4n) is 1.93. The summed E-state index contributed by atoms with van der Waals surface area (Å²) in [5.74, 6) is 0.676. The average Bonchev–Trinajstić information content (AvgIpc) is 2.43. The number of sulfonamides is 1. The normalized spacial score (nSPS) is 11.8. The van der Waals surface area contributed by atoms with Gasteiger partial charge in [0.25, 0.3) is 0 Å². The summed E-state index contributed by atoms with van der Waals surface area (Å²) < 4.78 is 25.9. The maximum Gasteiger partial charge on any atom is 0.244 e. The van der Waals surface area contributed by atoms with Gasteiger partial charge in [0.2, 0.25) is 10.0 Å². The molecule has 0 bridgehead atoms. The van der Waals surface area contributed by atoms with Crippen LogP contribution in [-0.4, -0.2) is 46.3 Å². The molecular weight excluding hydrogens is 296 g/mol. The number of rotatable bonds is 8. The van der Waals surface area contributed by atoms with Crippen LogP contribution in [0.25, 0.3) is 0 Å². The number of hydrogen-bond donors (Lipinski definition) is 0. The van der Waals surface area contributed by atoms with Crippen LogP contribution < -0.4 is 4.90 Å². The first-order valence-corrected chi connectivity index (χ1v) is 8.67. The molecule has 1 rings (SSSR count). The van der Waals surface area contributed by atoms with E-state index in [-0.39, 0.29) is 0 Å². The molecule has 0 spiro atoms. The summed E-state index contributed by atoms with van der Waals surface area (Å²) in [5.41, 5.74) is 0.743. The van der Waals surface area contributed by atoms with E-state index < -0.39 is 10.0 Å². The maximum absolute atomic E-state index is 12.3. The Morgan fingerprint density at radius 1 is 1.05 bits per heavy atom. The molecule has 0 aliphatic carbocycles. The molecule has 1 aromatic rings. The standard InChI is InChI=1S/C14H23ClN2O2S/c1-16(2)20(18,19)14-10-6-5-9-13(14)17(3)12-8-4-7-11-15/h5-6,9-10H,4,7-8,11-12H2,1-3H3. The second-order valence-corrected chi connectivity index (χ2v) is 7.42. The van der Waals surface area contributed by atoms with E-state index in [0.29, 0.717) is 10.8 Å². The Kier molecular flexibility index (Phi) is 6.79. The molecule has 0 amide bonds. The fourth-order valence-corrected chi connectivity index (χ4v) is 3.25. The van der Waals surface area contributed by atoms with E-state index >= 15 is 0 Å². The van der Waals surface area contributed by atoms with Gasteiger partial charge in [0.05, 0.1) is 5.69 Å². The molecular formula is C14H23ClN2O2S. The predicted molar refractivity (Wildman–Crippen MR) is 85.2 cm³/mol. The van der Waals surface area contributed by atoms with Crippen LogP contribution in [0.3, 0.4) is 0 Å². The van der Waals surface area contributed by atoms with Crippen LogP contribution in [0.1, 0.15) is 19.3 Å². The Balaban J connectivity index is 2.91. The van der Waals surface area contributed by atoms with E-state index in [4.69, 9.17) is 11.6 Å². The van der Waals surface area contributed by atoms with Crippen LogP contribution in [-0.2, 0) is 10.0 Å². The lowest BCUT2D eigenvalue weighted by molar-refractivity contribution is 0.520. The molecule has 0 aliphatic rings. The maximum atomic E-state index is 12.3. The highest BCUT2D eigenvalue weighted by molar-refractivity contribution is 7.89. The van der Waals surface area contributed by atoms with Crippen LogP contribution in [0.5, 0.6) is 0 Å². The number of benzene rings is 1. The molecule has 0 saturated carbocycles. The minimum Gasteiger partial charge on any atom is -0.374 e. The molecule has 0 heterocycles. The number of nitrogens with zero attached hydrogens (tertiary/aromatic N) is 2. The first-order valence-electron chi connectivity index (χ1n) is 6.70. The molecule has 4 nitrogen and oxygen atoms in total. The molecule has 0 fully saturated rings. The summed E-state index contributed by atoms with van der Waals surface area (Å²) in [6.07, 6.45) is 3.04. The third kappa shape index (κ3) is 4.36. The predicted octanol–water partition coefficient (Wildman–Crippen LogP) is 2.78. The Morgan fingerprint density at radius 3 is 2.30 bits per heavy atom. The van der Waals surface area contributed by atoms with E-state index in [1.165, 1.54) is 4.31 Å². The summed E-state index contributed by atoms with van der Waals surface area (Å²) in [6, 6.07) is 7.11. The zero-order valence-corrected chi connectivity index (χ0v) is 13.9. The van der Waals surface area contributed by atoms with Crippen molar-refractivity contribution in [1.82, 2.24) is 4.31 Å². The van der Waals surface area contributed by atoms with Gasteiger partial charge in [0.1, 0.15) is 4.90 Å². The molecule has 0 unspecified atom stereocenters. The van der Waals surface area contributed by atoms with Crippen molar-refractivity contribution < 1.29 is 8.42 Å². The number of halogens is 1. The van der Waals surface area contributed by atoms with E-state index in [0.717, 1.165) is 31.5 Å². The third-order valence-corrected chi connectivity index (χ3v) is 5.29. The molecule has 20 heavy (non-hydrogen) atoms. The van der Waals surface area contributed by atoms with Gasteiger partial charge in [-0.1, -0.05) is 18.6 Å². The SMILES string of the molecule is CN(CCCCCCl)c1ccccc1S(=O)(=O)N(C)C. The fraction of sp³-hybridized carbons (Fsp3) is 0.571. The molecule has 0 N–H and O–H groups in total. The van der Waals surface area contributed by atoms with Gasteiger partial charge in [-0.3, -0.25) is 0 Å². The molecule has 0 saturated heterocycles. The number of anilines is 1. The average molecular weight is 319 g/mol. The minimum atomic E-state index is -3.42. The quantitative estimate of drug-likeness (QED) is 0.546. The van der Waals surface area contributed by atoms with E-state index in [9.17, 15) is 8.42 Å². The first-order chi connectivity index (χ1) is 9.41. The number of unbranched alkanes of at least 4 members (excludes halogenated alkanes) is 2. The Bertz CT molecular complexity index is 518. The lowest BCUT2D eigenvalue weighted by Gasteiger charge is -2.23. The summed E-state index contributed by atoms with van der Waals surface area (Å²) in [6.45, 7) is 0.816. The number of para-hydroxylation sites is 1. The van der Waals surface area contributed by atoms with Crippen molar-refractivity contribution in [2.45, 2.75) is 24.2 Å². The van der Waals surface area contributed by atoms with Crippen LogP contribution >= 0.6 is 11.6 Å². The molecule has 0 atom stereocenters. The van der Waals surface area contributed by atoms with Crippen molar-refractivity contribution >= 4 is 27.3 Å². The van der Waals surface area contributed by atoms with Crippen molar-refractivity contribution in [2.75, 3.05) is 38.5 Å². The molecule has 0 aromatic heterocycles. The highest BCUT2D eigenvalue weighted by Gasteiger charge is 2.22. The second kappa shape index (κ2) is 7.86. The molecule has 114 valence electrons. The van der Waals surface area contributed by atoms with Crippen LogP contribution in [0.4, 0.5) is 5.69 Å². The van der Waals surface area contributed by atoms with E-state index in [2.05, 4.69) is 0 Å². The topological polar surface area (TPSA) is 40.6 Å². The molecule has 1 aromatic carbocycles. The van der Waals surface area contributed by atoms with Crippen molar-refractivity contribution in [3.8, 4) is 0 Å². The zero-order chi connectivity index (χ0) is 15.2. The lowest BCUT2D eigenvalue weighted by atomic mass is 10.2. The van der Waals surface area contributed by atoms with Crippen molar-refractivity contribution in [2.24, 2.45) is 0 Å². The van der Waals surface area contributed by atoms with Gasteiger partial charge in [-0.05, 0) is 25.0 Å². The molecule has 0 aliphatic heterocycles. The largest absolute Gasteiger partial charge is 0.374 e. The minimum absolute atomic E-state index is 0.352. The molecule has 6 heteroatoms. The van der Waals surface area contributed by atoms with Gasteiger partial charge in [0, 0.05) is 33.6 Å². The highest BCUT2D eigenvalue weighted by atomic mass is 35.5. The number of hydrogen-bond acceptors (Lipinski definition) is 3. The van der Waals surface area contributed by atoms with Gasteiger partial charge in [0.15, 0.2) is 0 Å². The van der Waals surface area contributed by atoms with Crippen molar-refractivity contribution in [3.05, 3.63) is 24.3 Å². The van der Waals surface area contributed by atoms with Crippen LogP contribution in [0.15, 0.2) is 29.2 Å². The van der Waals surface area contributed by atoms with Crippen LogP contribution in [0, 0.1) is 0 Å². The van der Waals surface area contributed by atoms with Crippen molar-refractivity contribution in [1.29, 1.82) is 0 Å². The van der Waals surface area contributed by atoms with Gasteiger partial charge in [-0.25, -0.2) is 12.7 Å². The monoisotopic (exact) mass is 318 g/mol. The first kappa shape index (κ1) is 17.3. The summed E-state index contributed by atoms with van der Waals surface area (Å²) in [5, 5.41) is 0. The second-order valence-electron chi connectivity index (χ2n) is 4.93. The Hall–Kier alpha value is -0.780. The van der Waals surface area contributed by atoms with E-state index in [1.807, 2.05) is 24.1 Å². The van der Waals surface area contributed by atoms with E-state index in [1.54, 1.807) is 26.2 Å². The lowest BCUT2D eigenvalue weighted by Crippen LogP contribution is -2.26. The van der Waals surface area contributed by atoms with Gasteiger partial charge < -0.3 is 4.90 Å².